The van der Waals surface area contributed by atoms with Gasteiger partial charge in [0.2, 0.25) is 0 Å². The largest absolute Gasteiger partial charge is 0.342 e. The summed E-state index contributed by atoms with van der Waals surface area (Å²) in [6.07, 6.45) is 6.24. The summed E-state index contributed by atoms with van der Waals surface area (Å²) in [6, 6.07) is 0. The summed E-state index contributed by atoms with van der Waals surface area (Å²) in [6.45, 7) is 4.18. The maximum absolute atomic E-state index is 10.6. The highest BCUT2D eigenvalue weighted by Gasteiger charge is 2.09. The minimum Gasteiger partial charge on any atom is -0.301 e. The quantitative estimate of drug-likeness (QED) is 0.379. The Hall–Kier alpha value is -0.570. The van der Waals surface area contributed by atoms with Crippen LogP contribution in [0.1, 0.15) is 52.4 Å². The molecule has 3 nitrogen and oxygen atoms in total. The molecule has 0 radical (unpaired) electrons. The summed E-state index contributed by atoms with van der Waals surface area (Å²) in [5.74, 6) is -0.209. The van der Waals surface area contributed by atoms with Gasteiger partial charge in [0, 0.05) is 0 Å². The maximum atomic E-state index is 10.6. The van der Waals surface area contributed by atoms with Gasteiger partial charge in [-0.1, -0.05) is 46.0 Å². The molecular weight excluding hydrogens is 168 g/mol. The molecule has 0 aromatic heterocycles. The third kappa shape index (κ3) is 7.78. The minimum absolute atomic E-state index is 0.316. The first-order valence-corrected chi connectivity index (χ1v) is 5.05. The molecule has 0 spiro atoms. The van der Waals surface area contributed by atoms with Gasteiger partial charge in [-0.15, -0.1) is 0 Å². The van der Waals surface area contributed by atoms with Crippen molar-refractivity contribution in [3.63, 3.8) is 0 Å². The summed E-state index contributed by atoms with van der Waals surface area (Å²) in [7, 11) is 0. The fourth-order valence-corrected chi connectivity index (χ4v) is 1.34. The molecule has 0 aromatic rings. The fraction of sp³-hybridized carbons (Fsp3) is 0.900. The van der Waals surface area contributed by atoms with Gasteiger partial charge < -0.3 is 4.89 Å². The van der Waals surface area contributed by atoms with Crippen molar-refractivity contribution in [3.05, 3.63) is 0 Å². The first kappa shape index (κ1) is 12.4. The lowest BCUT2D eigenvalue weighted by molar-refractivity contribution is -0.235. The van der Waals surface area contributed by atoms with Crippen LogP contribution in [-0.2, 0) is 9.68 Å². The molecule has 0 aliphatic rings. The van der Waals surface area contributed by atoms with E-state index >= 15 is 0 Å². The van der Waals surface area contributed by atoms with E-state index in [1.807, 2.05) is 6.92 Å². The fourth-order valence-electron chi connectivity index (χ4n) is 1.34. The van der Waals surface area contributed by atoms with Crippen LogP contribution >= 0.6 is 0 Å². The van der Waals surface area contributed by atoms with Crippen LogP contribution in [0.3, 0.4) is 0 Å². The number of carbonyl (C=O) groups excluding carboxylic acids is 1. The maximum Gasteiger partial charge on any atom is 0.342 e. The smallest absolute Gasteiger partial charge is 0.301 e. The predicted octanol–water partition coefficient (Wildman–Crippen LogP) is 3.00. The molecule has 0 saturated carbocycles. The Kier molecular flexibility index (Phi) is 7.69. The second kappa shape index (κ2) is 8.05. The molecule has 0 aromatic carbocycles. The van der Waals surface area contributed by atoms with Gasteiger partial charge in [0.05, 0.1) is 6.42 Å². The molecule has 1 N–H and O–H groups in total. The molecule has 13 heavy (non-hydrogen) atoms. The van der Waals surface area contributed by atoms with Crippen LogP contribution in [0.5, 0.6) is 0 Å². The topological polar surface area (TPSA) is 46.5 Å². The lowest BCUT2D eigenvalue weighted by atomic mass is 10.00. The molecule has 0 amide bonds. The number of unbranched alkanes of at least 4 members (excludes halogenated alkanes) is 3. The average molecular weight is 188 g/mol. The second-order valence-corrected chi connectivity index (χ2v) is 3.62. The molecular formula is C10H20O3. The van der Waals surface area contributed by atoms with E-state index in [9.17, 15) is 4.79 Å². The molecule has 0 saturated heterocycles. The van der Waals surface area contributed by atoms with Crippen LogP contribution in [0, 0.1) is 5.92 Å². The average Bonchev–Trinajstić information content (AvgIpc) is 2.12. The Morgan fingerprint density at radius 3 is 2.62 bits per heavy atom. The van der Waals surface area contributed by atoms with Gasteiger partial charge in [-0.25, -0.2) is 4.79 Å². The monoisotopic (exact) mass is 188 g/mol. The highest BCUT2D eigenvalue weighted by Crippen LogP contribution is 2.13. The standard InChI is InChI=1S/C10H20O3/c1-3-4-5-6-7-9(2)8-10(11)13-12/h9,12H,3-8H2,1-2H3. The van der Waals surface area contributed by atoms with Crippen molar-refractivity contribution in [1.29, 1.82) is 0 Å². The van der Waals surface area contributed by atoms with Crippen molar-refractivity contribution in [2.24, 2.45) is 5.92 Å². The molecule has 78 valence electrons. The van der Waals surface area contributed by atoms with Crippen molar-refractivity contribution in [2.45, 2.75) is 52.4 Å². The zero-order valence-corrected chi connectivity index (χ0v) is 8.58. The summed E-state index contributed by atoms with van der Waals surface area (Å²) in [5, 5.41) is 8.04. The van der Waals surface area contributed by atoms with Gasteiger partial charge in [-0.05, 0) is 5.92 Å². The van der Waals surface area contributed by atoms with Crippen molar-refractivity contribution in [2.75, 3.05) is 0 Å². The van der Waals surface area contributed by atoms with Crippen LogP contribution in [0.15, 0.2) is 0 Å². The molecule has 0 rings (SSSR count). The summed E-state index contributed by atoms with van der Waals surface area (Å²) >= 11 is 0. The Morgan fingerprint density at radius 1 is 1.38 bits per heavy atom. The Labute approximate surface area is 80.0 Å². The predicted molar refractivity (Wildman–Crippen MR) is 51.3 cm³/mol. The Morgan fingerprint density at radius 2 is 2.08 bits per heavy atom. The van der Waals surface area contributed by atoms with E-state index in [4.69, 9.17) is 5.26 Å². The van der Waals surface area contributed by atoms with E-state index in [2.05, 4.69) is 11.8 Å². The van der Waals surface area contributed by atoms with Gasteiger partial charge in [-0.3, -0.25) is 0 Å². The van der Waals surface area contributed by atoms with Crippen molar-refractivity contribution in [3.8, 4) is 0 Å². The SMILES string of the molecule is CCCCCCC(C)CC(=O)OO. The first-order chi connectivity index (χ1) is 6.20. The highest BCUT2D eigenvalue weighted by molar-refractivity contribution is 5.68. The molecule has 0 aliphatic heterocycles. The third-order valence-corrected chi connectivity index (χ3v) is 2.17. The molecule has 0 bridgehead atoms. The molecule has 0 aliphatic carbocycles. The Balaban J connectivity index is 3.29. The van der Waals surface area contributed by atoms with Gasteiger partial charge in [-0.2, -0.15) is 5.26 Å². The van der Waals surface area contributed by atoms with E-state index < -0.39 is 5.97 Å². The first-order valence-electron chi connectivity index (χ1n) is 5.05. The number of hydrogen-bond acceptors (Lipinski definition) is 3. The van der Waals surface area contributed by atoms with Gasteiger partial charge in [0.1, 0.15) is 0 Å². The van der Waals surface area contributed by atoms with Crippen LogP contribution in [-0.4, -0.2) is 11.2 Å². The van der Waals surface area contributed by atoms with E-state index in [1.54, 1.807) is 0 Å². The van der Waals surface area contributed by atoms with Crippen LogP contribution < -0.4 is 0 Å². The van der Waals surface area contributed by atoms with Crippen molar-refractivity contribution in [1.82, 2.24) is 0 Å². The van der Waals surface area contributed by atoms with Crippen molar-refractivity contribution >= 4 is 5.97 Å². The highest BCUT2D eigenvalue weighted by atomic mass is 17.1. The molecule has 1 unspecified atom stereocenters. The summed E-state index contributed by atoms with van der Waals surface area (Å²) in [5.41, 5.74) is 0. The van der Waals surface area contributed by atoms with Crippen LogP contribution in [0.4, 0.5) is 0 Å². The lowest BCUT2D eigenvalue weighted by Gasteiger charge is -2.07. The summed E-state index contributed by atoms with van der Waals surface area (Å²) in [4.78, 5) is 14.2. The van der Waals surface area contributed by atoms with E-state index in [0.29, 0.717) is 12.3 Å². The minimum atomic E-state index is -0.525. The molecule has 3 heteroatoms. The normalized spacial score (nSPS) is 12.5. The van der Waals surface area contributed by atoms with Crippen LogP contribution in [0.2, 0.25) is 0 Å². The van der Waals surface area contributed by atoms with Crippen molar-refractivity contribution < 1.29 is 14.9 Å². The Bertz CT molecular complexity index is 134. The number of rotatable bonds is 7. The third-order valence-electron chi connectivity index (χ3n) is 2.17. The van der Waals surface area contributed by atoms with E-state index in [0.717, 1.165) is 12.8 Å². The molecule has 0 fully saturated rings. The zero-order chi connectivity index (χ0) is 10.1. The molecule has 1 atom stereocenters. The summed E-state index contributed by atoms with van der Waals surface area (Å²) < 4.78 is 0. The van der Waals surface area contributed by atoms with E-state index in [1.165, 1.54) is 19.3 Å². The number of hydrogen-bond donors (Lipinski definition) is 1. The zero-order valence-electron chi connectivity index (χ0n) is 8.58. The van der Waals surface area contributed by atoms with E-state index in [-0.39, 0.29) is 0 Å². The number of carbonyl (C=O) groups is 1. The van der Waals surface area contributed by atoms with Gasteiger partial charge in [0.25, 0.3) is 0 Å². The van der Waals surface area contributed by atoms with Gasteiger partial charge >= 0.3 is 5.97 Å². The van der Waals surface area contributed by atoms with Gasteiger partial charge in [0.15, 0.2) is 0 Å². The van der Waals surface area contributed by atoms with Crippen LogP contribution in [0.25, 0.3) is 0 Å². The lowest BCUT2D eigenvalue weighted by Crippen LogP contribution is -2.07. The molecule has 0 heterocycles. The second-order valence-electron chi connectivity index (χ2n) is 3.62.